The topological polar surface area (TPSA) is 112 Å². The van der Waals surface area contributed by atoms with E-state index >= 15 is 0 Å². The van der Waals surface area contributed by atoms with Crippen LogP contribution < -0.4 is 9.46 Å². The normalized spacial score (nSPS) is 18.6. The highest BCUT2D eigenvalue weighted by Gasteiger charge is 2.33. The SMILES string of the molecule is Cc1ccc(S(=O)(=O)Nc2ccc3c(c2)C(=O)N([C@@H](C)CO)C[C@H](C)[C@@H](CN(C)Cc2ccncc2)O3)cc1. The first kappa shape index (κ1) is 28.5. The average molecular weight is 553 g/mol. The number of ether oxygens (including phenoxy) is 1. The summed E-state index contributed by atoms with van der Waals surface area (Å²) in [6.07, 6.45) is 3.27. The maximum absolute atomic E-state index is 13.7. The number of benzene rings is 2. The molecule has 1 aliphatic heterocycles. The first-order chi connectivity index (χ1) is 18.6. The third kappa shape index (κ3) is 6.95. The number of pyridine rings is 1. The summed E-state index contributed by atoms with van der Waals surface area (Å²) in [6, 6.07) is 14.8. The Labute approximate surface area is 230 Å². The number of likely N-dealkylation sites (N-methyl/N-ethyl adjacent to an activating group) is 1. The lowest BCUT2D eigenvalue weighted by molar-refractivity contribution is 0.0341. The van der Waals surface area contributed by atoms with E-state index in [1.54, 1.807) is 60.6 Å². The van der Waals surface area contributed by atoms with Crippen LogP contribution in [0.3, 0.4) is 0 Å². The highest BCUT2D eigenvalue weighted by atomic mass is 32.2. The Balaban J connectivity index is 1.63. The van der Waals surface area contributed by atoms with Crippen molar-refractivity contribution in [1.29, 1.82) is 0 Å². The molecule has 3 aromatic rings. The highest BCUT2D eigenvalue weighted by molar-refractivity contribution is 7.92. The molecule has 0 fully saturated rings. The Morgan fingerprint density at radius 3 is 2.51 bits per heavy atom. The maximum Gasteiger partial charge on any atom is 0.261 e. The van der Waals surface area contributed by atoms with Crippen LogP contribution in [-0.2, 0) is 16.6 Å². The highest BCUT2D eigenvalue weighted by Crippen LogP contribution is 2.31. The third-order valence-corrected chi connectivity index (χ3v) is 8.34. The summed E-state index contributed by atoms with van der Waals surface area (Å²) >= 11 is 0. The van der Waals surface area contributed by atoms with E-state index in [2.05, 4.69) is 14.6 Å². The van der Waals surface area contributed by atoms with Crippen molar-refractivity contribution < 1.29 is 23.1 Å². The maximum atomic E-state index is 13.7. The molecule has 1 aliphatic rings. The molecule has 2 heterocycles. The van der Waals surface area contributed by atoms with E-state index in [1.165, 1.54) is 6.07 Å². The fourth-order valence-corrected chi connectivity index (χ4v) is 5.66. The van der Waals surface area contributed by atoms with Crippen molar-refractivity contribution in [2.45, 2.75) is 44.4 Å². The molecule has 3 atom stereocenters. The van der Waals surface area contributed by atoms with Crippen molar-refractivity contribution in [1.82, 2.24) is 14.8 Å². The van der Waals surface area contributed by atoms with Gasteiger partial charge in [0.25, 0.3) is 15.9 Å². The molecule has 208 valence electrons. The smallest absolute Gasteiger partial charge is 0.261 e. The Morgan fingerprint density at radius 1 is 1.15 bits per heavy atom. The van der Waals surface area contributed by atoms with Gasteiger partial charge >= 0.3 is 0 Å². The van der Waals surface area contributed by atoms with Crippen molar-refractivity contribution in [3.05, 3.63) is 83.7 Å². The summed E-state index contributed by atoms with van der Waals surface area (Å²) in [5.74, 6) is 0.0244. The zero-order valence-electron chi connectivity index (χ0n) is 22.7. The molecule has 1 aromatic heterocycles. The van der Waals surface area contributed by atoms with Gasteiger partial charge in [-0.1, -0.05) is 24.6 Å². The van der Waals surface area contributed by atoms with Crippen LogP contribution in [-0.4, -0.2) is 73.1 Å². The molecule has 10 heteroatoms. The second kappa shape index (κ2) is 12.1. The summed E-state index contributed by atoms with van der Waals surface area (Å²) < 4.78 is 35.0. The monoisotopic (exact) mass is 552 g/mol. The van der Waals surface area contributed by atoms with E-state index in [4.69, 9.17) is 4.74 Å². The number of carbonyl (C=O) groups excluding carboxylic acids is 1. The van der Waals surface area contributed by atoms with Gasteiger partial charge in [0.2, 0.25) is 0 Å². The number of aromatic nitrogens is 1. The number of carbonyl (C=O) groups is 1. The van der Waals surface area contributed by atoms with Crippen LogP contribution in [0.4, 0.5) is 5.69 Å². The predicted molar refractivity (Wildman–Crippen MR) is 150 cm³/mol. The number of sulfonamides is 1. The van der Waals surface area contributed by atoms with Gasteiger partial charge in [-0.3, -0.25) is 19.4 Å². The number of anilines is 1. The van der Waals surface area contributed by atoms with Gasteiger partial charge < -0.3 is 14.7 Å². The molecule has 0 spiro atoms. The minimum Gasteiger partial charge on any atom is -0.488 e. The largest absolute Gasteiger partial charge is 0.488 e. The lowest BCUT2D eigenvalue weighted by atomic mass is 9.99. The molecule has 0 radical (unpaired) electrons. The molecule has 39 heavy (non-hydrogen) atoms. The molecule has 0 saturated heterocycles. The van der Waals surface area contributed by atoms with Crippen LogP contribution in [0, 0.1) is 12.8 Å². The Kier molecular flexibility index (Phi) is 8.89. The van der Waals surface area contributed by atoms with Gasteiger partial charge in [0.05, 0.1) is 23.1 Å². The third-order valence-electron chi connectivity index (χ3n) is 6.94. The molecule has 4 rings (SSSR count). The first-order valence-corrected chi connectivity index (χ1v) is 14.4. The van der Waals surface area contributed by atoms with Crippen LogP contribution in [0.15, 0.2) is 71.9 Å². The second-order valence-corrected chi connectivity index (χ2v) is 12.0. The van der Waals surface area contributed by atoms with Gasteiger partial charge in [-0.05, 0) is 68.9 Å². The standard InChI is InChI=1S/C29H36N4O5S/c1-20-5-8-25(9-6-20)39(36,37)31-24-7-10-27-26(15-24)29(35)33(22(3)19-34)16-21(2)28(38-27)18-32(4)17-23-11-13-30-14-12-23/h5-15,21-22,28,31,34H,16-19H2,1-4H3/t21-,22-,28+/m0/s1. The average Bonchev–Trinajstić information content (AvgIpc) is 2.91. The summed E-state index contributed by atoms with van der Waals surface area (Å²) in [7, 11) is -1.84. The van der Waals surface area contributed by atoms with Gasteiger partial charge in [-0.25, -0.2) is 8.42 Å². The van der Waals surface area contributed by atoms with Gasteiger partial charge in [0.1, 0.15) is 11.9 Å². The molecule has 2 aromatic carbocycles. The number of nitrogens with one attached hydrogen (secondary N) is 1. The fraction of sp³-hybridized carbons (Fsp3) is 0.379. The summed E-state index contributed by atoms with van der Waals surface area (Å²) in [5, 5.41) is 9.90. The van der Waals surface area contributed by atoms with Crippen molar-refractivity contribution in [2.75, 3.05) is 31.5 Å². The van der Waals surface area contributed by atoms with Crippen LogP contribution in [0.25, 0.3) is 0 Å². The quantitative estimate of drug-likeness (QED) is 0.418. The predicted octanol–water partition coefficient (Wildman–Crippen LogP) is 3.54. The van der Waals surface area contributed by atoms with Crippen LogP contribution in [0.1, 0.15) is 35.3 Å². The number of nitrogens with zero attached hydrogens (tertiary/aromatic N) is 3. The number of hydrogen-bond acceptors (Lipinski definition) is 7. The molecule has 0 aliphatic carbocycles. The van der Waals surface area contributed by atoms with Gasteiger partial charge in [-0.15, -0.1) is 0 Å². The van der Waals surface area contributed by atoms with Crippen molar-refractivity contribution >= 4 is 21.6 Å². The zero-order chi connectivity index (χ0) is 28.2. The van der Waals surface area contributed by atoms with E-state index in [9.17, 15) is 18.3 Å². The minimum atomic E-state index is -3.86. The number of aliphatic hydroxyl groups excluding tert-OH is 1. The number of aryl methyl sites for hydroxylation is 1. The number of amides is 1. The molecule has 9 nitrogen and oxygen atoms in total. The number of aliphatic hydroxyl groups is 1. The van der Waals surface area contributed by atoms with Crippen LogP contribution >= 0.6 is 0 Å². The Morgan fingerprint density at radius 2 is 1.85 bits per heavy atom. The van der Waals surface area contributed by atoms with Gasteiger partial charge in [0, 0.05) is 43.6 Å². The van der Waals surface area contributed by atoms with E-state index in [1.807, 2.05) is 33.0 Å². The molecule has 1 amide bonds. The number of fused-ring (bicyclic) bond motifs is 1. The molecule has 2 N–H and O–H groups in total. The zero-order valence-corrected chi connectivity index (χ0v) is 23.6. The Bertz CT molecular complexity index is 1380. The van der Waals surface area contributed by atoms with E-state index in [0.717, 1.165) is 11.1 Å². The lowest BCUT2D eigenvalue weighted by Crippen LogP contribution is -2.49. The molecule has 0 bridgehead atoms. The second-order valence-electron chi connectivity index (χ2n) is 10.3. The summed E-state index contributed by atoms with van der Waals surface area (Å²) in [4.78, 5) is 21.7. The molecular formula is C29H36N4O5S. The fourth-order valence-electron chi connectivity index (χ4n) is 4.61. The van der Waals surface area contributed by atoms with Crippen molar-refractivity contribution in [2.24, 2.45) is 5.92 Å². The van der Waals surface area contributed by atoms with Crippen molar-refractivity contribution in [3.8, 4) is 5.75 Å². The van der Waals surface area contributed by atoms with E-state index in [0.29, 0.717) is 25.4 Å². The van der Waals surface area contributed by atoms with E-state index < -0.39 is 16.1 Å². The van der Waals surface area contributed by atoms with Crippen molar-refractivity contribution in [3.63, 3.8) is 0 Å². The van der Waals surface area contributed by atoms with Gasteiger partial charge in [0.15, 0.2) is 0 Å². The number of rotatable bonds is 9. The summed E-state index contributed by atoms with van der Waals surface area (Å²) in [5.41, 5.74) is 2.57. The molecule has 0 unspecified atom stereocenters. The van der Waals surface area contributed by atoms with Crippen LogP contribution in [0.2, 0.25) is 0 Å². The minimum absolute atomic E-state index is 0.0318. The van der Waals surface area contributed by atoms with Gasteiger partial charge in [-0.2, -0.15) is 0 Å². The number of hydrogen-bond donors (Lipinski definition) is 2. The Hall–Kier alpha value is -3.47. The lowest BCUT2D eigenvalue weighted by Gasteiger charge is -2.38. The molecular weight excluding hydrogens is 516 g/mol. The van der Waals surface area contributed by atoms with E-state index in [-0.39, 0.29) is 40.7 Å². The summed E-state index contributed by atoms with van der Waals surface area (Å²) in [6.45, 7) is 7.20. The first-order valence-electron chi connectivity index (χ1n) is 13.0. The molecule has 0 saturated carbocycles. The van der Waals surface area contributed by atoms with Crippen LogP contribution in [0.5, 0.6) is 5.75 Å².